The van der Waals surface area contributed by atoms with Crippen molar-refractivity contribution in [3.8, 4) is 0 Å². The van der Waals surface area contributed by atoms with Gasteiger partial charge in [-0.05, 0) is 12.6 Å². The first-order valence-electron chi connectivity index (χ1n) is 2.36. The van der Waals surface area contributed by atoms with Crippen LogP contribution in [0.3, 0.4) is 0 Å². The highest BCUT2D eigenvalue weighted by Gasteiger charge is 2.20. The standard InChI is InChI=1S/C4H11ClOSi/c1-4-7(3,5)6-2/h4H2,1-3H3. The second kappa shape index (κ2) is 2.70. The van der Waals surface area contributed by atoms with E-state index in [1.165, 1.54) is 0 Å². The van der Waals surface area contributed by atoms with Crippen molar-refractivity contribution >= 4 is 18.7 Å². The second-order valence-electron chi connectivity index (χ2n) is 1.66. The molecule has 44 valence electrons. The molecule has 0 amide bonds. The van der Waals surface area contributed by atoms with Crippen molar-refractivity contribution in [1.29, 1.82) is 0 Å². The Kier molecular flexibility index (Phi) is 2.88. The van der Waals surface area contributed by atoms with Gasteiger partial charge in [0.05, 0.1) is 0 Å². The van der Waals surface area contributed by atoms with Gasteiger partial charge in [-0.15, -0.1) is 11.1 Å². The summed E-state index contributed by atoms with van der Waals surface area (Å²) in [6.07, 6.45) is 0. The molecule has 0 aromatic carbocycles. The van der Waals surface area contributed by atoms with Crippen LogP contribution >= 0.6 is 11.1 Å². The molecule has 3 heteroatoms. The van der Waals surface area contributed by atoms with Crippen molar-refractivity contribution < 1.29 is 4.43 Å². The van der Waals surface area contributed by atoms with Crippen LogP contribution in [0.25, 0.3) is 0 Å². The van der Waals surface area contributed by atoms with Gasteiger partial charge in [-0.1, -0.05) is 6.92 Å². The molecule has 0 saturated carbocycles. The van der Waals surface area contributed by atoms with Crippen molar-refractivity contribution in [2.45, 2.75) is 19.5 Å². The molecule has 7 heavy (non-hydrogen) atoms. The predicted molar refractivity (Wildman–Crippen MR) is 35.0 cm³/mol. The maximum Gasteiger partial charge on any atom is 0.286 e. The van der Waals surface area contributed by atoms with Crippen LogP contribution in [0.2, 0.25) is 12.6 Å². The summed E-state index contributed by atoms with van der Waals surface area (Å²) in [6.45, 7) is 4.03. The number of halogens is 1. The van der Waals surface area contributed by atoms with E-state index in [9.17, 15) is 0 Å². The third-order valence-corrected chi connectivity index (χ3v) is 4.44. The maximum atomic E-state index is 5.82. The van der Waals surface area contributed by atoms with Gasteiger partial charge in [0.2, 0.25) is 0 Å². The molecule has 0 aromatic rings. The van der Waals surface area contributed by atoms with E-state index in [4.69, 9.17) is 15.5 Å². The van der Waals surface area contributed by atoms with Crippen LogP contribution in [0, 0.1) is 0 Å². The highest BCUT2D eigenvalue weighted by molar-refractivity contribution is 7.15. The summed E-state index contributed by atoms with van der Waals surface area (Å²) in [6, 6.07) is 0.977. The van der Waals surface area contributed by atoms with Crippen LogP contribution in [0.5, 0.6) is 0 Å². The van der Waals surface area contributed by atoms with E-state index in [-0.39, 0.29) is 0 Å². The van der Waals surface area contributed by atoms with Gasteiger partial charge >= 0.3 is 0 Å². The molecule has 0 aliphatic carbocycles. The first kappa shape index (κ1) is 7.47. The van der Waals surface area contributed by atoms with E-state index in [1.54, 1.807) is 7.11 Å². The fourth-order valence-corrected chi connectivity index (χ4v) is 0.433. The Labute approximate surface area is 50.5 Å². The minimum Gasteiger partial charge on any atom is -0.407 e. The molecule has 0 fully saturated rings. The SMILES string of the molecule is CC[Si](C)(Cl)OC. The lowest BCUT2D eigenvalue weighted by molar-refractivity contribution is 0.417. The third kappa shape index (κ3) is 3.09. The topological polar surface area (TPSA) is 9.23 Å². The second-order valence-corrected chi connectivity index (χ2v) is 7.38. The molecule has 0 radical (unpaired) electrons. The van der Waals surface area contributed by atoms with Crippen LogP contribution in [0.15, 0.2) is 0 Å². The molecule has 1 unspecified atom stereocenters. The molecule has 0 bridgehead atoms. The zero-order valence-corrected chi connectivity index (χ0v) is 6.75. The van der Waals surface area contributed by atoms with Crippen molar-refractivity contribution in [3.63, 3.8) is 0 Å². The monoisotopic (exact) mass is 138 g/mol. The summed E-state index contributed by atoms with van der Waals surface area (Å²) in [5, 5.41) is 0. The average molecular weight is 139 g/mol. The minimum atomic E-state index is -1.68. The Hall–Kier alpha value is 0.467. The third-order valence-electron chi connectivity index (χ3n) is 1.06. The molecule has 0 spiro atoms. The lowest BCUT2D eigenvalue weighted by atomic mass is 11.0. The van der Waals surface area contributed by atoms with Gasteiger partial charge in [-0.2, -0.15) is 0 Å². The van der Waals surface area contributed by atoms with E-state index in [0.29, 0.717) is 0 Å². The minimum absolute atomic E-state index is 0.977. The van der Waals surface area contributed by atoms with Gasteiger partial charge in [0.25, 0.3) is 7.63 Å². The fourth-order valence-electron chi connectivity index (χ4n) is 0.144. The number of hydrogen-bond acceptors (Lipinski definition) is 1. The van der Waals surface area contributed by atoms with E-state index in [0.717, 1.165) is 6.04 Å². The molecule has 1 atom stereocenters. The summed E-state index contributed by atoms with van der Waals surface area (Å²) in [5.74, 6) is 0. The van der Waals surface area contributed by atoms with E-state index < -0.39 is 7.63 Å². The van der Waals surface area contributed by atoms with Gasteiger partial charge in [-0.25, -0.2) is 0 Å². The smallest absolute Gasteiger partial charge is 0.286 e. The molecular weight excluding hydrogens is 128 g/mol. The molecule has 0 N–H and O–H groups in total. The molecule has 0 rings (SSSR count). The average Bonchev–Trinajstić information content (AvgIpc) is 1.68. The summed E-state index contributed by atoms with van der Waals surface area (Å²) in [5.41, 5.74) is 0. The van der Waals surface area contributed by atoms with Crippen molar-refractivity contribution in [1.82, 2.24) is 0 Å². The number of rotatable bonds is 2. The first-order valence-corrected chi connectivity index (χ1v) is 5.99. The summed E-state index contributed by atoms with van der Waals surface area (Å²) in [4.78, 5) is 0. The highest BCUT2D eigenvalue weighted by Crippen LogP contribution is 2.13. The normalized spacial score (nSPS) is 18.9. The Morgan fingerprint density at radius 3 is 2.14 bits per heavy atom. The first-order chi connectivity index (χ1) is 3.12. The van der Waals surface area contributed by atoms with E-state index >= 15 is 0 Å². The van der Waals surface area contributed by atoms with Gasteiger partial charge in [0.1, 0.15) is 0 Å². The Bertz CT molecular complexity index is 49.7. The summed E-state index contributed by atoms with van der Waals surface area (Å²) in [7, 11) is -0.00965. The molecular formula is C4H11ClOSi. The van der Waals surface area contributed by atoms with E-state index in [2.05, 4.69) is 0 Å². The fraction of sp³-hybridized carbons (Fsp3) is 1.00. The zero-order valence-electron chi connectivity index (χ0n) is 4.99. The Balaban J connectivity index is 3.36. The van der Waals surface area contributed by atoms with Crippen molar-refractivity contribution in [2.24, 2.45) is 0 Å². The summed E-state index contributed by atoms with van der Waals surface area (Å²) < 4.78 is 4.99. The molecule has 0 aromatic heterocycles. The molecule has 1 nitrogen and oxygen atoms in total. The molecule has 0 saturated heterocycles. The van der Waals surface area contributed by atoms with E-state index in [1.807, 2.05) is 13.5 Å². The van der Waals surface area contributed by atoms with Crippen LogP contribution in [-0.4, -0.2) is 14.7 Å². The van der Waals surface area contributed by atoms with Gasteiger partial charge in [-0.3, -0.25) is 0 Å². The van der Waals surface area contributed by atoms with Crippen molar-refractivity contribution in [3.05, 3.63) is 0 Å². The Morgan fingerprint density at radius 1 is 1.71 bits per heavy atom. The highest BCUT2D eigenvalue weighted by atomic mass is 35.6. The lowest BCUT2D eigenvalue weighted by Gasteiger charge is -2.12. The van der Waals surface area contributed by atoms with Gasteiger partial charge in [0, 0.05) is 7.11 Å². The number of hydrogen-bond donors (Lipinski definition) is 0. The van der Waals surface area contributed by atoms with Crippen molar-refractivity contribution in [2.75, 3.05) is 7.11 Å². The van der Waals surface area contributed by atoms with Gasteiger partial charge in [0.15, 0.2) is 0 Å². The van der Waals surface area contributed by atoms with Crippen LogP contribution in [-0.2, 0) is 4.43 Å². The molecule has 0 aliphatic rings. The Morgan fingerprint density at radius 2 is 2.14 bits per heavy atom. The quantitative estimate of drug-likeness (QED) is 0.419. The molecule has 0 heterocycles. The van der Waals surface area contributed by atoms with Crippen LogP contribution in [0.1, 0.15) is 6.92 Å². The lowest BCUT2D eigenvalue weighted by Crippen LogP contribution is -2.23. The van der Waals surface area contributed by atoms with Crippen LogP contribution in [0.4, 0.5) is 0 Å². The zero-order chi connectivity index (χ0) is 5.91. The van der Waals surface area contributed by atoms with Gasteiger partial charge < -0.3 is 4.43 Å². The largest absolute Gasteiger partial charge is 0.407 e. The van der Waals surface area contributed by atoms with Crippen LogP contribution < -0.4 is 0 Å². The molecule has 0 aliphatic heterocycles. The maximum absolute atomic E-state index is 5.82. The summed E-state index contributed by atoms with van der Waals surface area (Å²) >= 11 is 5.82. The predicted octanol–water partition coefficient (Wildman–Crippen LogP) is 1.96.